The van der Waals surface area contributed by atoms with Crippen LogP contribution in [0.2, 0.25) is 0 Å². The van der Waals surface area contributed by atoms with Gasteiger partial charge in [-0.25, -0.2) is 4.79 Å². The maximum atomic E-state index is 12.5. The van der Waals surface area contributed by atoms with E-state index in [-0.39, 0.29) is 11.8 Å². The Kier molecular flexibility index (Phi) is 20.8. The molecule has 13 nitrogen and oxygen atoms in total. The molecule has 0 rings (SSSR count). The summed E-state index contributed by atoms with van der Waals surface area (Å²) in [6.45, 7) is 14.1. The van der Waals surface area contributed by atoms with Crippen LogP contribution in [-0.2, 0) is 33.2 Å². The van der Waals surface area contributed by atoms with Gasteiger partial charge in [-0.1, -0.05) is 19.0 Å². The second-order valence-electron chi connectivity index (χ2n) is 9.14. The van der Waals surface area contributed by atoms with E-state index in [2.05, 4.69) is 20.7 Å². The lowest BCUT2D eigenvalue weighted by Crippen LogP contribution is -2.49. The zero-order chi connectivity index (χ0) is 27.1. The van der Waals surface area contributed by atoms with Crippen LogP contribution in [0.25, 0.3) is 10.4 Å². The summed E-state index contributed by atoms with van der Waals surface area (Å²) in [5, 5.41) is 8.78. The SMILES string of the molecule is CC(C)C[C@H](NC(=O)OC(C)(C)C)C(=O)NCCOCCOCCOCCOCCOCCN=[N+]=[N-]. The van der Waals surface area contributed by atoms with Crippen LogP contribution in [0.5, 0.6) is 0 Å². The molecule has 0 saturated heterocycles. The highest BCUT2D eigenvalue weighted by Gasteiger charge is 2.24. The summed E-state index contributed by atoms with van der Waals surface area (Å²) in [5.74, 6) is -0.0455. The molecule has 0 fully saturated rings. The van der Waals surface area contributed by atoms with Crippen LogP contribution in [0.1, 0.15) is 41.0 Å². The molecule has 0 spiro atoms. The van der Waals surface area contributed by atoms with E-state index in [1.54, 1.807) is 20.8 Å². The van der Waals surface area contributed by atoms with Crippen molar-refractivity contribution in [2.24, 2.45) is 11.0 Å². The number of carbonyl (C=O) groups is 2. The van der Waals surface area contributed by atoms with Gasteiger partial charge in [0.15, 0.2) is 0 Å². The number of rotatable bonds is 22. The number of alkyl carbamates (subject to hydrolysis) is 1. The first-order chi connectivity index (χ1) is 17.2. The predicted octanol–water partition coefficient (Wildman–Crippen LogP) is 2.44. The number of azide groups is 1. The highest BCUT2D eigenvalue weighted by atomic mass is 16.6. The molecule has 0 aliphatic rings. The lowest BCUT2D eigenvalue weighted by atomic mass is 10.0. The summed E-state index contributed by atoms with van der Waals surface area (Å²) in [7, 11) is 0. The summed E-state index contributed by atoms with van der Waals surface area (Å²) in [5.41, 5.74) is 7.49. The smallest absolute Gasteiger partial charge is 0.408 e. The summed E-state index contributed by atoms with van der Waals surface area (Å²) in [6, 6.07) is -0.669. The van der Waals surface area contributed by atoms with Crippen molar-refractivity contribution < 1.29 is 38.0 Å². The number of carbonyl (C=O) groups excluding carboxylic acids is 2. The Bertz CT molecular complexity index is 624. The number of hydrogen-bond donors (Lipinski definition) is 2. The molecule has 0 aromatic rings. The van der Waals surface area contributed by atoms with Gasteiger partial charge in [-0.3, -0.25) is 4.79 Å². The third kappa shape index (κ3) is 23.6. The minimum Gasteiger partial charge on any atom is -0.444 e. The van der Waals surface area contributed by atoms with Crippen molar-refractivity contribution in [3.8, 4) is 0 Å². The van der Waals surface area contributed by atoms with Crippen LogP contribution < -0.4 is 10.6 Å². The molecule has 0 bridgehead atoms. The maximum absolute atomic E-state index is 12.5. The minimum absolute atomic E-state index is 0.225. The molecule has 0 aromatic heterocycles. The van der Waals surface area contributed by atoms with Gasteiger partial charge < -0.3 is 39.1 Å². The molecule has 0 saturated carbocycles. The molecule has 0 aliphatic heterocycles. The van der Waals surface area contributed by atoms with Gasteiger partial charge in [0.1, 0.15) is 11.6 Å². The third-order valence-corrected chi connectivity index (χ3v) is 4.15. The average Bonchev–Trinajstić information content (AvgIpc) is 2.78. The Labute approximate surface area is 214 Å². The van der Waals surface area contributed by atoms with Gasteiger partial charge in [-0.05, 0) is 38.6 Å². The Balaban J connectivity index is 3.65. The van der Waals surface area contributed by atoms with Crippen LogP contribution >= 0.6 is 0 Å². The van der Waals surface area contributed by atoms with E-state index < -0.39 is 17.7 Å². The number of nitrogens with zero attached hydrogens (tertiary/aromatic N) is 3. The van der Waals surface area contributed by atoms with Crippen molar-refractivity contribution in [3.05, 3.63) is 10.4 Å². The standard InChI is InChI=1S/C23H45N5O8/c1-19(2)18-20(27-22(30)36-23(3,4)5)21(29)25-6-8-31-10-12-33-14-16-35-17-15-34-13-11-32-9-7-26-28-24/h19-20H,6-18H2,1-5H3,(H,25,29)(H,27,30)/t20-/m0/s1. The van der Waals surface area contributed by atoms with Crippen molar-refractivity contribution in [2.75, 3.05) is 79.2 Å². The zero-order valence-electron chi connectivity index (χ0n) is 22.5. The van der Waals surface area contributed by atoms with Gasteiger partial charge in [0, 0.05) is 18.0 Å². The second-order valence-corrected chi connectivity index (χ2v) is 9.14. The van der Waals surface area contributed by atoms with E-state index in [0.717, 1.165) is 0 Å². The van der Waals surface area contributed by atoms with Gasteiger partial charge in [0.2, 0.25) is 5.91 Å². The Morgan fingerprint density at radius 3 is 1.75 bits per heavy atom. The van der Waals surface area contributed by atoms with Crippen molar-refractivity contribution in [2.45, 2.75) is 52.7 Å². The zero-order valence-corrected chi connectivity index (χ0v) is 22.5. The van der Waals surface area contributed by atoms with Crippen molar-refractivity contribution in [1.82, 2.24) is 10.6 Å². The van der Waals surface area contributed by atoms with Gasteiger partial charge >= 0.3 is 6.09 Å². The molecule has 210 valence electrons. The fourth-order valence-electron chi connectivity index (χ4n) is 2.65. The Hall–Kier alpha value is -2.15. The molecule has 13 heteroatoms. The number of amides is 2. The summed E-state index contributed by atoms with van der Waals surface area (Å²) < 4.78 is 32.1. The third-order valence-electron chi connectivity index (χ3n) is 4.15. The molecule has 36 heavy (non-hydrogen) atoms. The summed E-state index contributed by atoms with van der Waals surface area (Å²) >= 11 is 0. The fourth-order valence-corrected chi connectivity index (χ4v) is 2.65. The van der Waals surface area contributed by atoms with Crippen molar-refractivity contribution in [3.63, 3.8) is 0 Å². The highest BCUT2D eigenvalue weighted by molar-refractivity contribution is 5.85. The quantitative estimate of drug-likeness (QED) is 0.0953. The van der Waals surface area contributed by atoms with E-state index in [0.29, 0.717) is 85.6 Å². The molecule has 0 aliphatic carbocycles. The first kappa shape index (κ1) is 33.8. The van der Waals surface area contributed by atoms with E-state index in [1.807, 2.05) is 13.8 Å². The Morgan fingerprint density at radius 1 is 0.833 bits per heavy atom. The molecule has 0 radical (unpaired) electrons. The Morgan fingerprint density at radius 2 is 1.31 bits per heavy atom. The van der Waals surface area contributed by atoms with Gasteiger partial charge in [0.25, 0.3) is 0 Å². The summed E-state index contributed by atoms with van der Waals surface area (Å²) in [6.07, 6.45) is -0.110. The monoisotopic (exact) mass is 519 g/mol. The number of ether oxygens (including phenoxy) is 6. The van der Waals surface area contributed by atoms with Crippen molar-refractivity contribution >= 4 is 12.0 Å². The van der Waals surface area contributed by atoms with E-state index >= 15 is 0 Å². The topological polar surface area (TPSA) is 162 Å². The van der Waals surface area contributed by atoms with E-state index in [9.17, 15) is 9.59 Å². The fraction of sp³-hybridized carbons (Fsp3) is 0.913. The van der Waals surface area contributed by atoms with Crippen LogP contribution in [0, 0.1) is 5.92 Å². The lowest BCUT2D eigenvalue weighted by molar-refractivity contribution is -0.123. The van der Waals surface area contributed by atoms with Crippen LogP contribution in [0.3, 0.4) is 0 Å². The van der Waals surface area contributed by atoms with Gasteiger partial charge in [0.05, 0.1) is 66.1 Å². The lowest BCUT2D eigenvalue weighted by Gasteiger charge is -2.24. The molecule has 0 unspecified atom stereocenters. The minimum atomic E-state index is -0.669. The van der Waals surface area contributed by atoms with Crippen LogP contribution in [-0.4, -0.2) is 103 Å². The number of nitrogens with one attached hydrogen (secondary N) is 2. The molecule has 2 amide bonds. The predicted molar refractivity (Wildman–Crippen MR) is 134 cm³/mol. The normalized spacial score (nSPS) is 12.2. The molecule has 1 atom stereocenters. The second kappa shape index (κ2) is 22.1. The summed E-state index contributed by atoms with van der Waals surface area (Å²) in [4.78, 5) is 27.1. The van der Waals surface area contributed by atoms with Gasteiger partial charge in [-0.2, -0.15) is 0 Å². The van der Waals surface area contributed by atoms with Crippen LogP contribution in [0.4, 0.5) is 4.79 Å². The molecule has 2 N–H and O–H groups in total. The molecular weight excluding hydrogens is 474 g/mol. The largest absolute Gasteiger partial charge is 0.444 e. The first-order valence-corrected chi connectivity index (χ1v) is 12.3. The highest BCUT2D eigenvalue weighted by Crippen LogP contribution is 2.09. The van der Waals surface area contributed by atoms with E-state index in [4.69, 9.17) is 34.0 Å². The van der Waals surface area contributed by atoms with Gasteiger partial charge in [-0.15, -0.1) is 0 Å². The molecule has 0 heterocycles. The van der Waals surface area contributed by atoms with Crippen molar-refractivity contribution in [1.29, 1.82) is 0 Å². The van der Waals surface area contributed by atoms with E-state index in [1.165, 1.54) is 0 Å². The first-order valence-electron chi connectivity index (χ1n) is 12.3. The molecule has 0 aromatic carbocycles. The average molecular weight is 520 g/mol. The maximum Gasteiger partial charge on any atom is 0.408 e. The molecular formula is C23H45N5O8. The number of hydrogen-bond acceptors (Lipinski definition) is 9. The van der Waals surface area contributed by atoms with Crippen LogP contribution in [0.15, 0.2) is 5.11 Å².